The molecule has 1 heterocycles. The van der Waals surface area contributed by atoms with Gasteiger partial charge >= 0.3 is 11.8 Å². The number of aliphatic hydroxyl groups is 1. The number of carbonyl (C=O) groups is 2. The molecule has 0 aliphatic carbocycles. The summed E-state index contributed by atoms with van der Waals surface area (Å²) in [6.07, 6.45) is 1.63. The zero-order valence-electron chi connectivity index (χ0n) is 18.3. The molecule has 0 aromatic heterocycles. The van der Waals surface area contributed by atoms with Gasteiger partial charge in [0.2, 0.25) is 10.0 Å². The Labute approximate surface area is 188 Å². The molecule has 1 atom stereocenters. The smallest absolute Gasteiger partial charge is 0.313 e. The largest absolute Gasteiger partial charge is 0.387 e. The number of anilines is 3. The second-order valence-corrected chi connectivity index (χ2v) is 9.85. The molecule has 3 N–H and O–H groups in total. The molecule has 0 bridgehead atoms. The average Bonchev–Trinajstić information content (AvgIpc) is 2.76. The lowest BCUT2D eigenvalue weighted by Crippen LogP contribution is -2.38. The highest BCUT2D eigenvalue weighted by molar-refractivity contribution is 7.92. The lowest BCUT2D eigenvalue weighted by atomic mass is 10.0. The number of carbonyl (C=O) groups excluding carboxylic acids is 2. The van der Waals surface area contributed by atoms with E-state index in [1.165, 1.54) is 4.31 Å². The van der Waals surface area contributed by atoms with E-state index in [-0.39, 0.29) is 6.54 Å². The maximum absolute atomic E-state index is 12.3. The van der Waals surface area contributed by atoms with Crippen LogP contribution in [0.3, 0.4) is 0 Å². The molecule has 2 aromatic rings. The van der Waals surface area contributed by atoms with Crippen molar-refractivity contribution in [3.8, 4) is 0 Å². The van der Waals surface area contributed by atoms with E-state index in [1.807, 2.05) is 31.1 Å². The number of nitrogens with one attached hydrogen (secondary N) is 2. The zero-order chi connectivity index (χ0) is 23.5. The molecule has 32 heavy (non-hydrogen) atoms. The summed E-state index contributed by atoms with van der Waals surface area (Å²) in [4.78, 5) is 26.4. The van der Waals surface area contributed by atoms with Crippen molar-refractivity contribution < 1.29 is 23.1 Å². The molecule has 0 radical (unpaired) electrons. The highest BCUT2D eigenvalue weighted by atomic mass is 32.2. The summed E-state index contributed by atoms with van der Waals surface area (Å²) in [5.41, 5.74) is 3.29. The summed E-state index contributed by atoms with van der Waals surface area (Å²) < 4.78 is 25.4. The van der Waals surface area contributed by atoms with Crippen LogP contribution < -0.4 is 19.8 Å². The molecule has 1 aliphatic heterocycles. The molecular formula is C22H28N4O5S. The van der Waals surface area contributed by atoms with Crippen LogP contribution in [0, 0.1) is 0 Å². The molecule has 0 saturated carbocycles. The molecule has 10 heteroatoms. The van der Waals surface area contributed by atoms with Crippen LogP contribution in [0.2, 0.25) is 0 Å². The van der Waals surface area contributed by atoms with E-state index in [1.54, 1.807) is 30.3 Å². The fourth-order valence-electron chi connectivity index (χ4n) is 3.53. The first-order valence-corrected chi connectivity index (χ1v) is 12.1. The van der Waals surface area contributed by atoms with Gasteiger partial charge in [0.1, 0.15) is 0 Å². The normalized spacial score (nSPS) is 14.3. The fourth-order valence-corrected chi connectivity index (χ4v) is 4.52. The maximum atomic E-state index is 12.3. The van der Waals surface area contributed by atoms with Crippen LogP contribution in [0.25, 0.3) is 0 Å². The molecule has 0 saturated heterocycles. The van der Waals surface area contributed by atoms with Crippen molar-refractivity contribution in [2.75, 3.05) is 48.0 Å². The van der Waals surface area contributed by atoms with Crippen LogP contribution >= 0.6 is 0 Å². The summed E-state index contributed by atoms with van der Waals surface area (Å²) in [5.74, 6) is -1.80. The number of nitrogens with zero attached hydrogens (tertiary/aromatic N) is 2. The highest BCUT2D eigenvalue weighted by Gasteiger charge is 2.25. The van der Waals surface area contributed by atoms with Gasteiger partial charge in [-0.1, -0.05) is 18.2 Å². The van der Waals surface area contributed by atoms with Crippen molar-refractivity contribution in [3.63, 3.8) is 0 Å². The Bertz CT molecular complexity index is 1100. The standard InChI is InChI=1S/C22H28N4O5S/c1-25(2)18-10-7-16(8-11-18)20(27)14-23-21(28)22(29)24-17-9-6-15-5-4-12-26(19(15)13-17)32(3,30)31/h6-11,13,20,27H,4-5,12,14H2,1-3H3,(H,23,28)(H,24,29)/t20-/m1/s1. The van der Waals surface area contributed by atoms with Gasteiger partial charge in [-0.05, 0) is 48.2 Å². The van der Waals surface area contributed by atoms with Crippen LogP contribution in [0.1, 0.15) is 23.7 Å². The molecule has 1 aliphatic rings. The first kappa shape index (κ1) is 23.6. The van der Waals surface area contributed by atoms with E-state index < -0.39 is 27.9 Å². The van der Waals surface area contributed by atoms with Crippen molar-refractivity contribution >= 4 is 38.9 Å². The van der Waals surface area contributed by atoms with Gasteiger partial charge in [0.05, 0.1) is 18.0 Å². The first-order valence-electron chi connectivity index (χ1n) is 10.2. The van der Waals surface area contributed by atoms with Crippen molar-refractivity contribution in [2.24, 2.45) is 0 Å². The zero-order valence-corrected chi connectivity index (χ0v) is 19.1. The maximum Gasteiger partial charge on any atom is 0.313 e. The Kier molecular flexibility index (Phi) is 7.05. The average molecular weight is 461 g/mol. The van der Waals surface area contributed by atoms with Gasteiger partial charge < -0.3 is 20.6 Å². The number of sulfonamides is 1. The lowest BCUT2D eigenvalue weighted by molar-refractivity contribution is -0.136. The second kappa shape index (κ2) is 9.58. The third kappa shape index (κ3) is 5.57. The molecular weight excluding hydrogens is 432 g/mol. The van der Waals surface area contributed by atoms with E-state index in [4.69, 9.17) is 0 Å². The molecule has 0 unspecified atom stereocenters. The number of benzene rings is 2. The summed E-state index contributed by atoms with van der Waals surface area (Å²) >= 11 is 0. The van der Waals surface area contributed by atoms with Crippen LogP contribution in [0.15, 0.2) is 42.5 Å². The highest BCUT2D eigenvalue weighted by Crippen LogP contribution is 2.31. The topological polar surface area (TPSA) is 119 Å². The summed E-state index contributed by atoms with van der Waals surface area (Å²) in [5, 5.41) is 15.2. The minimum absolute atomic E-state index is 0.125. The number of fused-ring (bicyclic) bond motifs is 1. The molecule has 9 nitrogen and oxygen atoms in total. The minimum atomic E-state index is -3.44. The summed E-state index contributed by atoms with van der Waals surface area (Å²) in [6, 6.07) is 12.2. The summed E-state index contributed by atoms with van der Waals surface area (Å²) in [6.45, 7) is 0.247. The molecule has 2 aromatic carbocycles. The third-order valence-corrected chi connectivity index (χ3v) is 6.46. The van der Waals surface area contributed by atoms with Gasteiger partial charge in [-0.3, -0.25) is 13.9 Å². The van der Waals surface area contributed by atoms with Gasteiger partial charge in [-0.2, -0.15) is 0 Å². The van der Waals surface area contributed by atoms with Gasteiger partial charge in [0, 0.05) is 38.6 Å². The number of hydrogen-bond acceptors (Lipinski definition) is 6. The SMILES string of the molecule is CN(C)c1ccc([C@H](O)CNC(=O)C(=O)Nc2ccc3c(c2)N(S(C)(=O)=O)CCC3)cc1. The Morgan fingerprint density at radius 1 is 1.12 bits per heavy atom. The van der Waals surface area contributed by atoms with E-state index >= 15 is 0 Å². The molecule has 172 valence electrons. The second-order valence-electron chi connectivity index (χ2n) is 7.95. The first-order chi connectivity index (χ1) is 15.1. The van der Waals surface area contributed by atoms with E-state index in [0.717, 1.165) is 23.9 Å². The van der Waals surface area contributed by atoms with E-state index in [2.05, 4.69) is 10.6 Å². The van der Waals surface area contributed by atoms with Crippen molar-refractivity contribution in [2.45, 2.75) is 18.9 Å². The molecule has 3 rings (SSSR count). The van der Waals surface area contributed by atoms with Crippen LogP contribution in [0.4, 0.5) is 17.1 Å². The Hall–Kier alpha value is -3.11. The number of aryl methyl sites for hydroxylation is 1. The third-order valence-electron chi connectivity index (χ3n) is 5.28. The Balaban J connectivity index is 1.60. The number of rotatable bonds is 6. The monoisotopic (exact) mass is 460 g/mol. The summed E-state index contributed by atoms with van der Waals surface area (Å²) in [7, 11) is 0.374. The molecule has 2 amide bonds. The Morgan fingerprint density at radius 3 is 2.44 bits per heavy atom. The molecule has 0 spiro atoms. The van der Waals surface area contributed by atoms with Crippen molar-refractivity contribution in [1.82, 2.24) is 5.32 Å². The van der Waals surface area contributed by atoms with Crippen molar-refractivity contribution in [1.29, 1.82) is 0 Å². The quantitative estimate of drug-likeness (QED) is 0.559. The van der Waals surface area contributed by atoms with Gasteiger partial charge in [0.15, 0.2) is 0 Å². The predicted octanol–water partition coefficient (Wildman–Crippen LogP) is 1.25. The predicted molar refractivity (Wildman–Crippen MR) is 124 cm³/mol. The van der Waals surface area contributed by atoms with Gasteiger partial charge in [-0.25, -0.2) is 8.42 Å². The van der Waals surface area contributed by atoms with Crippen LogP contribution in [-0.4, -0.2) is 58.8 Å². The molecule has 0 fully saturated rings. The van der Waals surface area contributed by atoms with Crippen molar-refractivity contribution in [3.05, 3.63) is 53.6 Å². The number of aliphatic hydroxyl groups excluding tert-OH is 1. The van der Waals surface area contributed by atoms with Gasteiger partial charge in [-0.15, -0.1) is 0 Å². The lowest BCUT2D eigenvalue weighted by Gasteiger charge is -2.29. The number of amides is 2. The van der Waals surface area contributed by atoms with E-state index in [0.29, 0.717) is 29.9 Å². The fraction of sp³-hybridized carbons (Fsp3) is 0.364. The number of hydrogen-bond donors (Lipinski definition) is 3. The van der Waals surface area contributed by atoms with Crippen LogP contribution in [0.5, 0.6) is 0 Å². The van der Waals surface area contributed by atoms with Crippen LogP contribution in [-0.2, 0) is 26.0 Å². The minimum Gasteiger partial charge on any atom is -0.387 e. The van der Waals surface area contributed by atoms with Gasteiger partial charge in [0.25, 0.3) is 0 Å². The Morgan fingerprint density at radius 2 is 1.81 bits per heavy atom. The van der Waals surface area contributed by atoms with E-state index in [9.17, 15) is 23.1 Å².